The minimum absolute atomic E-state index is 0.0904. The van der Waals surface area contributed by atoms with Crippen molar-refractivity contribution in [1.29, 1.82) is 0 Å². The van der Waals surface area contributed by atoms with Crippen LogP contribution in [0.5, 0.6) is 0 Å². The SMILES string of the molecule is O=C(NC(CCN1CC2CN(C(=O)C3CC3)C[C@@H]2C1)c1ccccc1)C1CCCC1. The molecule has 2 aliphatic heterocycles. The molecule has 2 unspecified atom stereocenters. The Hall–Kier alpha value is -1.88. The zero-order valence-electron chi connectivity index (χ0n) is 18.0. The first-order chi connectivity index (χ1) is 14.7. The van der Waals surface area contributed by atoms with Gasteiger partial charge in [-0.3, -0.25) is 9.59 Å². The Morgan fingerprint density at radius 2 is 1.57 bits per heavy atom. The first-order valence-corrected chi connectivity index (χ1v) is 12.0. The lowest BCUT2D eigenvalue weighted by atomic mass is 10.0. The Morgan fingerprint density at radius 3 is 2.20 bits per heavy atom. The molecule has 0 spiro atoms. The number of hydrogen-bond donors (Lipinski definition) is 1. The minimum atomic E-state index is 0.0904. The minimum Gasteiger partial charge on any atom is -0.349 e. The average Bonchev–Trinajstić information content (AvgIpc) is 3.13. The van der Waals surface area contributed by atoms with Gasteiger partial charge in [0.25, 0.3) is 0 Å². The summed E-state index contributed by atoms with van der Waals surface area (Å²) in [6, 6.07) is 10.5. The molecule has 2 heterocycles. The van der Waals surface area contributed by atoms with E-state index in [1.165, 1.54) is 18.4 Å². The van der Waals surface area contributed by atoms with E-state index in [0.29, 0.717) is 23.7 Å². The van der Waals surface area contributed by atoms with Crippen molar-refractivity contribution in [2.75, 3.05) is 32.7 Å². The van der Waals surface area contributed by atoms with Gasteiger partial charge in [0.1, 0.15) is 0 Å². The van der Waals surface area contributed by atoms with Crippen LogP contribution in [0.15, 0.2) is 30.3 Å². The smallest absolute Gasteiger partial charge is 0.225 e. The van der Waals surface area contributed by atoms with Crippen molar-refractivity contribution in [3.8, 4) is 0 Å². The number of nitrogens with one attached hydrogen (secondary N) is 1. The lowest BCUT2D eigenvalue weighted by Crippen LogP contribution is -2.37. The van der Waals surface area contributed by atoms with Crippen LogP contribution in [0.3, 0.4) is 0 Å². The molecule has 3 atom stereocenters. The molecule has 30 heavy (non-hydrogen) atoms. The van der Waals surface area contributed by atoms with Gasteiger partial charge in [-0.05, 0) is 49.5 Å². The maximum atomic E-state index is 12.8. The summed E-state index contributed by atoms with van der Waals surface area (Å²) in [6.07, 6.45) is 7.61. The van der Waals surface area contributed by atoms with E-state index in [-0.39, 0.29) is 17.9 Å². The van der Waals surface area contributed by atoms with E-state index in [2.05, 4.69) is 39.4 Å². The van der Waals surface area contributed by atoms with E-state index in [1.54, 1.807) is 0 Å². The highest BCUT2D eigenvalue weighted by Gasteiger charge is 2.44. The first-order valence-electron chi connectivity index (χ1n) is 12.0. The Kier molecular flexibility index (Phi) is 5.81. The van der Waals surface area contributed by atoms with Crippen LogP contribution >= 0.6 is 0 Å². The van der Waals surface area contributed by atoms with Crippen molar-refractivity contribution in [2.24, 2.45) is 23.7 Å². The predicted molar refractivity (Wildman–Crippen MR) is 117 cm³/mol. The lowest BCUT2D eigenvalue weighted by Gasteiger charge is -2.25. The second-order valence-corrected chi connectivity index (χ2v) is 10.0. The molecule has 1 N–H and O–H groups in total. The van der Waals surface area contributed by atoms with Crippen molar-refractivity contribution in [3.05, 3.63) is 35.9 Å². The third-order valence-electron chi connectivity index (χ3n) is 7.78. The summed E-state index contributed by atoms with van der Waals surface area (Å²) in [4.78, 5) is 29.9. The molecule has 4 aliphatic rings. The number of carbonyl (C=O) groups excluding carboxylic acids is 2. The number of rotatable bonds is 7. The monoisotopic (exact) mass is 409 g/mol. The third kappa shape index (κ3) is 4.41. The van der Waals surface area contributed by atoms with Gasteiger partial charge in [0.05, 0.1) is 6.04 Å². The fourth-order valence-corrected chi connectivity index (χ4v) is 5.84. The van der Waals surface area contributed by atoms with Gasteiger partial charge in [0, 0.05) is 44.6 Å². The molecule has 2 saturated heterocycles. The summed E-state index contributed by atoms with van der Waals surface area (Å²) >= 11 is 0. The maximum Gasteiger partial charge on any atom is 0.225 e. The summed E-state index contributed by atoms with van der Waals surface area (Å²) in [5.74, 6) is 2.47. The second kappa shape index (κ2) is 8.70. The van der Waals surface area contributed by atoms with Crippen LogP contribution in [-0.2, 0) is 9.59 Å². The zero-order valence-corrected chi connectivity index (χ0v) is 18.0. The van der Waals surface area contributed by atoms with Crippen LogP contribution < -0.4 is 5.32 Å². The van der Waals surface area contributed by atoms with Gasteiger partial charge in [0.2, 0.25) is 11.8 Å². The molecule has 162 valence electrons. The molecule has 5 nitrogen and oxygen atoms in total. The highest BCUT2D eigenvalue weighted by Crippen LogP contribution is 2.37. The van der Waals surface area contributed by atoms with E-state index in [4.69, 9.17) is 0 Å². The number of carbonyl (C=O) groups is 2. The van der Waals surface area contributed by atoms with Crippen molar-refractivity contribution in [2.45, 2.75) is 51.0 Å². The summed E-state index contributed by atoms with van der Waals surface area (Å²) < 4.78 is 0. The Labute approximate surface area is 180 Å². The average molecular weight is 410 g/mol. The Morgan fingerprint density at radius 1 is 0.900 bits per heavy atom. The number of likely N-dealkylation sites (tertiary alicyclic amines) is 2. The predicted octanol–water partition coefficient (Wildman–Crippen LogP) is 3.22. The molecule has 5 heteroatoms. The van der Waals surface area contributed by atoms with Gasteiger partial charge in [-0.15, -0.1) is 0 Å². The van der Waals surface area contributed by atoms with Crippen molar-refractivity contribution < 1.29 is 9.59 Å². The van der Waals surface area contributed by atoms with E-state index in [1.807, 2.05) is 6.07 Å². The molecule has 0 aromatic heterocycles. The largest absolute Gasteiger partial charge is 0.349 e. The number of fused-ring (bicyclic) bond motifs is 1. The normalized spacial score (nSPS) is 27.9. The summed E-state index contributed by atoms with van der Waals surface area (Å²) in [7, 11) is 0. The van der Waals surface area contributed by atoms with Crippen LogP contribution in [0, 0.1) is 23.7 Å². The Balaban J connectivity index is 1.15. The molecule has 1 aromatic carbocycles. The first kappa shape index (κ1) is 20.0. The van der Waals surface area contributed by atoms with Gasteiger partial charge >= 0.3 is 0 Å². The van der Waals surface area contributed by atoms with Gasteiger partial charge in [0.15, 0.2) is 0 Å². The lowest BCUT2D eigenvalue weighted by molar-refractivity contribution is -0.131. The van der Waals surface area contributed by atoms with Gasteiger partial charge in [-0.2, -0.15) is 0 Å². The van der Waals surface area contributed by atoms with Crippen LogP contribution in [-0.4, -0.2) is 54.3 Å². The fraction of sp³-hybridized carbons (Fsp3) is 0.680. The molecule has 0 radical (unpaired) electrons. The molecule has 2 aliphatic carbocycles. The number of amides is 2. The molecule has 2 saturated carbocycles. The van der Waals surface area contributed by atoms with E-state index in [9.17, 15) is 9.59 Å². The van der Waals surface area contributed by atoms with E-state index < -0.39 is 0 Å². The maximum absolute atomic E-state index is 12.8. The van der Waals surface area contributed by atoms with Crippen LogP contribution in [0.4, 0.5) is 0 Å². The van der Waals surface area contributed by atoms with Crippen LogP contribution in [0.25, 0.3) is 0 Å². The summed E-state index contributed by atoms with van der Waals surface area (Å²) in [5, 5.41) is 3.37. The quantitative estimate of drug-likeness (QED) is 0.752. The topological polar surface area (TPSA) is 52.7 Å². The summed E-state index contributed by atoms with van der Waals surface area (Å²) in [5.41, 5.74) is 1.21. The molecule has 1 aromatic rings. The van der Waals surface area contributed by atoms with Crippen molar-refractivity contribution in [1.82, 2.24) is 15.1 Å². The Bertz CT molecular complexity index is 743. The molecular weight excluding hydrogens is 374 g/mol. The zero-order chi connectivity index (χ0) is 20.5. The van der Waals surface area contributed by atoms with E-state index in [0.717, 1.165) is 64.8 Å². The molecular formula is C25H35N3O2. The highest BCUT2D eigenvalue weighted by atomic mass is 16.2. The number of hydrogen-bond acceptors (Lipinski definition) is 3. The van der Waals surface area contributed by atoms with Crippen molar-refractivity contribution >= 4 is 11.8 Å². The summed E-state index contributed by atoms with van der Waals surface area (Å²) in [6.45, 7) is 5.11. The highest BCUT2D eigenvalue weighted by molar-refractivity contribution is 5.81. The fourth-order valence-electron chi connectivity index (χ4n) is 5.84. The second-order valence-electron chi connectivity index (χ2n) is 10.0. The molecule has 0 bridgehead atoms. The number of benzene rings is 1. The van der Waals surface area contributed by atoms with Gasteiger partial charge in [-0.1, -0.05) is 43.2 Å². The van der Waals surface area contributed by atoms with Gasteiger partial charge < -0.3 is 15.1 Å². The number of nitrogens with zero attached hydrogens (tertiary/aromatic N) is 2. The molecule has 2 amide bonds. The molecule has 5 rings (SSSR count). The third-order valence-corrected chi connectivity index (χ3v) is 7.78. The van der Waals surface area contributed by atoms with Crippen molar-refractivity contribution in [3.63, 3.8) is 0 Å². The van der Waals surface area contributed by atoms with Crippen LogP contribution in [0.1, 0.15) is 56.6 Å². The standard InChI is InChI=1S/C25H35N3O2/c29-24(19-8-4-5-9-19)26-23(18-6-2-1-3-7-18)12-13-27-14-21-16-28(17-22(21)15-27)25(30)20-10-11-20/h1-3,6-7,19-23H,4-5,8-17H2,(H,26,29)/t21-,22?,23?/m0/s1. The van der Waals surface area contributed by atoms with Gasteiger partial charge in [-0.25, -0.2) is 0 Å². The van der Waals surface area contributed by atoms with Crippen LogP contribution in [0.2, 0.25) is 0 Å². The molecule has 4 fully saturated rings. The van der Waals surface area contributed by atoms with E-state index >= 15 is 0 Å².